The number of nitriles is 1. The zero-order valence-electron chi connectivity index (χ0n) is 9.65. The first kappa shape index (κ1) is 10.4. The van der Waals surface area contributed by atoms with Crippen molar-refractivity contribution in [3.05, 3.63) is 35.5 Å². The Labute approximate surface area is 94.9 Å². The molecule has 16 heavy (non-hydrogen) atoms. The van der Waals surface area contributed by atoms with Crippen molar-refractivity contribution in [1.82, 2.24) is 4.98 Å². The Kier molecular flexibility index (Phi) is 2.49. The van der Waals surface area contributed by atoms with Crippen LogP contribution in [0.3, 0.4) is 0 Å². The van der Waals surface area contributed by atoms with Crippen LogP contribution >= 0.6 is 0 Å². The molecule has 3 nitrogen and oxygen atoms in total. The fraction of sp³-hybridized carbons (Fsp3) is 0.231. The van der Waals surface area contributed by atoms with Crippen LogP contribution in [0.15, 0.2) is 24.4 Å². The molecule has 0 atom stereocenters. The first-order valence-electron chi connectivity index (χ1n) is 5.10. The first-order valence-corrected chi connectivity index (χ1v) is 5.10. The number of nitrogens with zero attached hydrogens (tertiary/aromatic N) is 3. The lowest BCUT2D eigenvalue weighted by molar-refractivity contribution is 1.13. The van der Waals surface area contributed by atoms with E-state index in [1.54, 1.807) is 6.20 Å². The largest absolute Gasteiger partial charge is 0.376 e. The van der Waals surface area contributed by atoms with Crippen LogP contribution in [0.25, 0.3) is 10.9 Å². The number of hydrogen-bond acceptors (Lipinski definition) is 3. The highest BCUT2D eigenvalue weighted by molar-refractivity contribution is 5.94. The van der Waals surface area contributed by atoms with Crippen molar-refractivity contribution in [2.45, 2.75) is 6.92 Å². The number of pyridine rings is 1. The predicted molar refractivity (Wildman–Crippen MR) is 65.5 cm³/mol. The Morgan fingerprint density at radius 1 is 1.31 bits per heavy atom. The summed E-state index contributed by atoms with van der Waals surface area (Å²) in [6, 6.07) is 8.27. The number of fused-ring (bicyclic) bond motifs is 1. The van der Waals surface area contributed by atoms with Crippen LogP contribution in [0.4, 0.5) is 5.69 Å². The second kappa shape index (κ2) is 3.82. The number of anilines is 1. The van der Waals surface area contributed by atoms with Crippen LogP contribution in [0, 0.1) is 18.3 Å². The van der Waals surface area contributed by atoms with Crippen molar-refractivity contribution in [3.63, 3.8) is 0 Å². The maximum atomic E-state index is 9.08. The third-order valence-electron chi connectivity index (χ3n) is 2.56. The molecule has 0 N–H and O–H groups in total. The minimum Gasteiger partial charge on any atom is -0.376 e. The zero-order valence-corrected chi connectivity index (χ0v) is 9.65. The highest BCUT2D eigenvalue weighted by Crippen LogP contribution is 2.28. The molecular weight excluding hydrogens is 198 g/mol. The fourth-order valence-corrected chi connectivity index (χ4v) is 1.86. The van der Waals surface area contributed by atoms with E-state index in [4.69, 9.17) is 5.26 Å². The molecule has 0 spiro atoms. The summed E-state index contributed by atoms with van der Waals surface area (Å²) in [5, 5.41) is 10.1. The average Bonchev–Trinajstić information content (AvgIpc) is 2.26. The number of hydrogen-bond donors (Lipinski definition) is 0. The Bertz CT molecular complexity index is 579. The summed E-state index contributed by atoms with van der Waals surface area (Å²) in [6.45, 7) is 2.04. The van der Waals surface area contributed by atoms with E-state index in [2.05, 4.69) is 17.1 Å². The lowest BCUT2D eigenvalue weighted by Crippen LogP contribution is -2.11. The minimum atomic E-state index is 0.614. The normalized spacial score (nSPS) is 10.1. The summed E-state index contributed by atoms with van der Waals surface area (Å²) in [4.78, 5) is 6.25. The smallest absolute Gasteiger partial charge is 0.103 e. The fourth-order valence-electron chi connectivity index (χ4n) is 1.86. The van der Waals surface area contributed by atoms with E-state index in [0.29, 0.717) is 5.56 Å². The molecular formula is C13H13N3. The molecule has 80 valence electrons. The Morgan fingerprint density at radius 2 is 2.06 bits per heavy atom. The van der Waals surface area contributed by atoms with Gasteiger partial charge in [-0.05, 0) is 19.1 Å². The van der Waals surface area contributed by atoms with Crippen molar-refractivity contribution < 1.29 is 0 Å². The highest BCUT2D eigenvalue weighted by Gasteiger charge is 2.10. The SMILES string of the molecule is Cc1ccc2ncc(C#N)c(N(C)C)c2c1. The van der Waals surface area contributed by atoms with Gasteiger partial charge >= 0.3 is 0 Å². The van der Waals surface area contributed by atoms with Gasteiger partial charge in [-0.1, -0.05) is 11.6 Å². The molecule has 0 saturated heterocycles. The number of rotatable bonds is 1. The molecule has 2 rings (SSSR count). The molecule has 1 aromatic carbocycles. The summed E-state index contributed by atoms with van der Waals surface area (Å²) in [6.07, 6.45) is 1.63. The van der Waals surface area contributed by atoms with Crippen molar-refractivity contribution in [2.24, 2.45) is 0 Å². The van der Waals surface area contributed by atoms with Gasteiger partial charge in [-0.25, -0.2) is 0 Å². The summed E-state index contributed by atoms with van der Waals surface area (Å²) >= 11 is 0. The molecule has 0 amide bonds. The third kappa shape index (κ3) is 1.59. The molecule has 0 radical (unpaired) electrons. The third-order valence-corrected chi connectivity index (χ3v) is 2.56. The Hall–Kier alpha value is -2.08. The van der Waals surface area contributed by atoms with Gasteiger partial charge in [0.05, 0.1) is 16.8 Å². The van der Waals surface area contributed by atoms with Gasteiger partial charge in [-0.3, -0.25) is 4.98 Å². The van der Waals surface area contributed by atoms with Crippen LogP contribution < -0.4 is 4.90 Å². The molecule has 3 heteroatoms. The molecule has 0 fully saturated rings. The van der Waals surface area contributed by atoms with E-state index in [1.165, 1.54) is 5.56 Å². The van der Waals surface area contributed by atoms with Crippen LogP contribution in [0.1, 0.15) is 11.1 Å². The van der Waals surface area contributed by atoms with Gasteiger partial charge in [0, 0.05) is 25.7 Å². The van der Waals surface area contributed by atoms with Crippen LogP contribution in [0.2, 0.25) is 0 Å². The maximum absolute atomic E-state index is 9.08. The number of benzene rings is 1. The van der Waals surface area contributed by atoms with Crippen molar-refractivity contribution in [2.75, 3.05) is 19.0 Å². The van der Waals surface area contributed by atoms with Gasteiger partial charge in [0.15, 0.2) is 0 Å². The summed E-state index contributed by atoms with van der Waals surface area (Å²) < 4.78 is 0. The standard InChI is InChI=1S/C13H13N3/c1-9-4-5-12-11(6-9)13(16(2)3)10(7-14)8-15-12/h4-6,8H,1-3H3. The first-order chi connectivity index (χ1) is 7.63. The Balaban J connectivity index is 2.88. The second-order valence-corrected chi connectivity index (χ2v) is 4.05. The summed E-state index contributed by atoms with van der Waals surface area (Å²) in [5.74, 6) is 0. The average molecular weight is 211 g/mol. The van der Waals surface area contributed by atoms with E-state index in [0.717, 1.165) is 16.6 Å². The maximum Gasteiger partial charge on any atom is 0.103 e. The predicted octanol–water partition coefficient (Wildman–Crippen LogP) is 2.48. The quantitative estimate of drug-likeness (QED) is 0.727. The summed E-state index contributed by atoms with van der Waals surface area (Å²) in [7, 11) is 3.88. The highest BCUT2D eigenvalue weighted by atomic mass is 15.1. The zero-order chi connectivity index (χ0) is 11.7. The van der Waals surface area contributed by atoms with Crippen LogP contribution in [-0.4, -0.2) is 19.1 Å². The molecule has 0 unspecified atom stereocenters. The monoisotopic (exact) mass is 211 g/mol. The minimum absolute atomic E-state index is 0.614. The number of aryl methyl sites for hydroxylation is 1. The van der Waals surface area contributed by atoms with Gasteiger partial charge in [-0.2, -0.15) is 5.26 Å². The number of aromatic nitrogens is 1. The molecule has 0 aliphatic carbocycles. The van der Waals surface area contributed by atoms with E-state index >= 15 is 0 Å². The van der Waals surface area contributed by atoms with Gasteiger partial charge < -0.3 is 4.90 Å². The summed E-state index contributed by atoms with van der Waals surface area (Å²) in [5.41, 5.74) is 3.65. The van der Waals surface area contributed by atoms with E-state index in [1.807, 2.05) is 38.1 Å². The molecule has 0 aliphatic heterocycles. The molecule has 0 bridgehead atoms. The molecule has 1 aromatic heterocycles. The van der Waals surface area contributed by atoms with Crippen molar-refractivity contribution in [1.29, 1.82) is 5.26 Å². The molecule has 2 aromatic rings. The van der Waals surface area contributed by atoms with Gasteiger partial charge in [0.1, 0.15) is 6.07 Å². The lowest BCUT2D eigenvalue weighted by Gasteiger charge is -2.16. The molecule has 0 aliphatic rings. The molecule has 1 heterocycles. The lowest BCUT2D eigenvalue weighted by atomic mass is 10.1. The second-order valence-electron chi connectivity index (χ2n) is 4.05. The van der Waals surface area contributed by atoms with Gasteiger partial charge in [0.2, 0.25) is 0 Å². The van der Waals surface area contributed by atoms with E-state index in [-0.39, 0.29) is 0 Å². The molecule has 0 saturated carbocycles. The van der Waals surface area contributed by atoms with Gasteiger partial charge in [0.25, 0.3) is 0 Å². The Morgan fingerprint density at radius 3 is 2.69 bits per heavy atom. The van der Waals surface area contributed by atoms with Crippen molar-refractivity contribution >= 4 is 16.6 Å². The topological polar surface area (TPSA) is 39.9 Å². The van der Waals surface area contributed by atoms with Gasteiger partial charge in [-0.15, -0.1) is 0 Å². The van der Waals surface area contributed by atoms with E-state index < -0.39 is 0 Å². The van der Waals surface area contributed by atoms with Crippen LogP contribution in [0.5, 0.6) is 0 Å². The van der Waals surface area contributed by atoms with Crippen LogP contribution in [-0.2, 0) is 0 Å². The van der Waals surface area contributed by atoms with Crippen molar-refractivity contribution in [3.8, 4) is 6.07 Å². The van der Waals surface area contributed by atoms with E-state index in [9.17, 15) is 0 Å².